The number of fused-ring (bicyclic) bond motifs is 1. The highest BCUT2D eigenvalue weighted by Crippen LogP contribution is 2.18. The van der Waals surface area contributed by atoms with E-state index in [0.29, 0.717) is 21.2 Å². The first-order valence-electron chi connectivity index (χ1n) is 6.96. The Morgan fingerprint density at radius 1 is 1.25 bits per heavy atom. The number of carbonyl (C=O) groups is 2. The SMILES string of the molecule is C[C@@H](OC(=O)c1ccccc1Br)C(=O)Nc1ncnc2nc[nH]c12. The average molecular weight is 390 g/mol. The largest absolute Gasteiger partial charge is 0.449 e. The van der Waals surface area contributed by atoms with Crippen LogP contribution in [-0.2, 0) is 9.53 Å². The maximum absolute atomic E-state index is 12.2. The molecule has 3 rings (SSSR count). The number of carbonyl (C=O) groups excluding carboxylic acids is 2. The van der Waals surface area contributed by atoms with E-state index in [4.69, 9.17) is 4.74 Å². The van der Waals surface area contributed by atoms with Crippen molar-refractivity contribution in [3.8, 4) is 0 Å². The summed E-state index contributed by atoms with van der Waals surface area (Å²) in [5.41, 5.74) is 1.27. The third kappa shape index (κ3) is 3.25. The van der Waals surface area contributed by atoms with Gasteiger partial charge in [0.2, 0.25) is 0 Å². The molecule has 0 saturated carbocycles. The van der Waals surface area contributed by atoms with Gasteiger partial charge in [-0.15, -0.1) is 0 Å². The molecule has 0 aliphatic rings. The number of aromatic nitrogens is 4. The van der Waals surface area contributed by atoms with Crippen molar-refractivity contribution in [2.45, 2.75) is 13.0 Å². The van der Waals surface area contributed by atoms with Gasteiger partial charge >= 0.3 is 5.97 Å². The smallest absolute Gasteiger partial charge is 0.340 e. The van der Waals surface area contributed by atoms with Crippen LogP contribution in [0.1, 0.15) is 17.3 Å². The molecule has 122 valence electrons. The monoisotopic (exact) mass is 389 g/mol. The number of benzene rings is 1. The van der Waals surface area contributed by atoms with Crippen LogP contribution in [0, 0.1) is 0 Å². The molecule has 0 aliphatic carbocycles. The molecule has 24 heavy (non-hydrogen) atoms. The van der Waals surface area contributed by atoms with Crippen molar-refractivity contribution in [1.29, 1.82) is 0 Å². The number of esters is 1. The minimum absolute atomic E-state index is 0.270. The van der Waals surface area contributed by atoms with E-state index in [1.54, 1.807) is 24.3 Å². The lowest BCUT2D eigenvalue weighted by molar-refractivity contribution is -0.123. The van der Waals surface area contributed by atoms with Gasteiger partial charge in [0, 0.05) is 4.47 Å². The zero-order valence-electron chi connectivity index (χ0n) is 12.5. The van der Waals surface area contributed by atoms with Gasteiger partial charge in [-0.3, -0.25) is 4.79 Å². The van der Waals surface area contributed by atoms with Crippen LogP contribution in [-0.4, -0.2) is 37.9 Å². The number of anilines is 1. The Balaban J connectivity index is 1.70. The Morgan fingerprint density at radius 2 is 2.04 bits per heavy atom. The normalized spacial score (nSPS) is 11.9. The van der Waals surface area contributed by atoms with Crippen molar-refractivity contribution in [1.82, 2.24) is 19.9 Å². The van der Waals surface area contributed by atoms with Crippen LogP contribution >= 0.6 is 15.9 Å². The molecule has 3 aromatic rings. The van der Waals surface area contributed by atoms with Crippen molar-refractivity contribution in [3.63, 3.8) is 0 Å². The highest BCUT2D eigenvalue weighted by Gasteiger charge is 2.21. The summed E-state index contributed by atoms with van der Waals surface area (Å²) in [6, 6.07) is 6.82. The Morgan fingerprint density at radius 3 is 2.83 bits per heavy atom. The number of hydrogen-bond donors (Lipinski definition) is 2. The van der Waals surface area contributed by atoms with Gasteiger partial charge in [0.15, 0.2) is 17.6 Å². The lowest BCUT2D eigenvalue weighted by Gasteiger charge is -2.13. The summed E-state index contributed by atoms with van der Waals surface area (Å²) in [5.74, 6) is -0.837. The quantitative estimate of drug-likeness (QED) is 0.662. The van der Waals surface area contributed by atoms with E-state index in [9.17, 15) is 9.59 Å². The second kappa shape index (κ2) is 6.75. The molecule has 2 heterocycles. The standard InChI is InChI=1S/C15H12BrN5O3/c1-8(24-15(23)9-4-2-3-5-10(9)16)14(22)21-13-11-12(18-6-17-11)19-7-20-13/h2-8H,1H3,(H2,17,18,19,20,21,22)/t8-/m1/s1. The zero-order chi connectivity index (χ0) is 17.1. The summed E-state index contributed by atoms with van der Waals surface area (Å²) in [4.78, 5) is 39.1. The first-order valence-corrected chi connectivity index (χ1v) is 7.76. The van der Waals surface area contributed by atoms with Gasteiger partial charge in [-0.1, -0.05) is 12.1 Å². The Kier molecular flexibility index (Phi) is 4.52. The molecule has 0 spiro atoms. The van der Waals surface area contributed by atoms with Crippen molar-refractivity contribution < 1.29 is 14.3 Å². The number of hydrogen-bond acceptors (Lipinski definition) is 6. The van der Waals surface area contributed by atoms with Crippen LogP contribution in [0.15, 0.2) is 41.4 Å². The van der Waals surface area contributed by atoms with Crippen LogP contribution in [0.25, 0.3) is 11.2 Å². The fourth-order valence-corrected chi connectivity index (χ4v) is 2.43. The Labute approximate surface area is 144 Å². The van der Waals surface area contributed by atoms with Crippen LogP contribution in [0.4, 0.5) is 5.82 Å². The minimum Gasteiger partial charge on any atom is -0.449 e. The van der Waals surface area contributed by atoms with Crippen LogP contribution in [0.3, 0.4) is 0 Å². The molecule has 1 atom stereocenters. The van der Waals surface area contributed by atoms with Gasteiger partial charge in [0.05, 0.1) is 11.9 Å². The topological polar surface area (TPSA) is 110 Å². The molecular formula is C15H12BrN5O3. The number of ether oxygens (including phenoxy) is 1. The van der Waals surface area contributed by atoms with E-state index in [1.165, 1.54) is 19.6 Å². The third-order valence-electron chi connectivity index (χ3n) is 3.21. The predicted molar refractivity (Wildman–Crippen MR) is 89.3 cm³/mol. The maximum atomic E-state index is 12.2. The fraction of sp³-hybridized carbons (Fsp3) is 0.133. The van der Waals surface area contributed by atoms with E-state index in [-0.39, 0.29) is 5.82 Å². The first-order chi connectivity index (χ1) is 11.6. The summed E-state index contributed by atoms with van der Waals surface area (Å²) in [6.07, 6.45) is 1.74. The maximum Gasteiger partial charge on any atom is 0.340 e. The molecule has 1 amide bonds. The van der Waals surface area contributed by atoms with Crippen molar-refractivity contribution in [2.75, 3.05) is 5.32 Å². The Bertz CT molecular complexity index is 911. The molecular weight excluding hydrogens is 378 g/mol. The summed E-state index contributed by atoms with van der Waals surface area (Å²) in [6.45, 7) is 1.48. The molecule has 1 aromatic carbocycles. The molecule has 0 saturated heterocycles. The molecule has 8 nitrogen and oxygen atoms in total. The van der Waals surface area contributed by atoms with Crippen LogP contribution < -0.4 is 5.32 Å². The number of nitrogens with one attached hydrogen (secondary N) is 2. The van der Waals surface area contributed by atoms with Gasteiger partial charge in [-0.25, -0.2) is 19.7 Å². The van der Waals surface area contributed by atoms with Gasteiger partial charge in [0.25, 0.3) is 5.91 Å². The van der Waals surface area contributed by atoms with Crippen LogP contribution in [0.5, 0.6) is 0 Å². The van der Waals surface area contributed by atoms with Gasteiger partial charge in [0.1, 0.15) is 11.8 Å². The third-order valence-corrected chi connectivity index (χ3v) is 3.90. The zero-order valence-corrected chi connectivity index (χ0v) is 14.1. The molecule has 0 fully saturated rings. The van der Waals surface area contributed by atoms with Crippen LogP contribution in [0.2, 0.25) is 0 Å². The highest BCUT2D eigenvalue weighted by atomic mass is 79.9. The molecule has 9 heteroatoms. The number of halogens is 1. The number of amides is 1. The van der Waals surface area contributed by atoms with Crippen molar-refractivity contribution in [2.24, 2.45) is 0 Å². The molecule has 0 aliphatic heterocycles. The predicted octanol–water partition coefficient (Wildman–Crippen LogP) is 2.30. The highest BCUT2D eigenvalue weighted by molar-refractivity contribution is 9.10. The lowest BCUT2D eigenvalue weighted by Crippen LogP contribution is -2.30. The van der Waals surface area contributed by atoms with Crippen molar-refractivity contribution in [3.05, 3.63) is 47.0 Å². The number of imidazole rings is 1. The number of rotatable bonds is 4. The van der Waals surface area contributed by atoms with E-state index in [2.05, 4.69) is 41.2 Å². The second-order valence-electron chi connectivity index (χ2n) is 4.84. The second-order valence-corrected chi connectivity index (χ2v) is 5.69. The number of H-pyrrole nitrogens is 1. The van der Waals surface area contributed by atoms with E-state index < -0.39 is 18.0 Å². The van der Waals surface area contributed by atoms with E-state index >= 15 is 0 Å². The molecule has 0 radical (unpaired) electrons. The summed E-state index contributed by atoms with van der Waals surface area (Å²) < 4.78 is 5.79. The molecule has 0 unspecified atom stereocenters. The van der Waals surface area contributed by atoms with Crippen molar-refractivity contribution >= 4 is 44.8 Å². The molecule has 2 N–H and O–H groups in total. The fourth-order valence-electron chi connectivity index (χ4n) is 1.98. The van der Waals surface area contributed by atoms with E-state index in [1.807, 2.05) is 0 Å². The number of nitrogens with zero attached hydrogens (tertiary/aromatic N) is 3. The molecule has 0 bridgehead atoms. The molecule has 2 aromatic heterocycles. The number of aromatic amines is 1. The summed E-state index contributed by atoms with van der Waals surface area (Å²) in [7, 11) is 0. The lowest BCUT2D eigenvalue weighted by atomic mass is 10.2. The first kappa shape index (κ1) is 16.1. The minimum atomic E-state index is -1.00. The van der Waals surface area contributed by atoms with Gasteiger partial charge < -0.3 is 15.0 Å². The average Bonchev–Trinajstić information content (AvgIpc) is 3.04. The van der Waals surface area contributed by atoms with E-state index in [0.717, 1.165) is 0 Å². The van der Waals surface area contributed by atoms with Gasteiger partial charge in [-0.05, 0) is 35.0 Å². The summed E-state index contributed by atoms with van der Waals surface area (Å²) in [5, 5.41) is 2.59. The van der Waals surface area contributed by atoms with Gasteiger partial charge in [-0.2, -0.15) is 0 Å². The summed E-state index contributed by atoms with van der Waals surface area (Å²) >= 11 is 3.27. The Hall–Kier alpha value is -2.81.